The van der Waals surface area contributed by atoms with Crippen LogP contribution in [0.15, 0.2) is 12.1 Å². The maximum atomic E-state index is 11.5. The Bertz CT molecular complexity index is 432. The van der Waals surface area contributed by atoms with Crippen molar-refractivity contribution in [2.75, 3.05) is 5.32 Å². The molecule has 1 aromatic carbocycles. The smallest absolute Gasteiger partial charge is 0.270 e. The first-order valence-electron chi connectivity index (χ1n) is 5.51. The second kappa shape index (κ2) is 5.43. The molecule has 0 saturated carbocycles. The summed E-state index contributed by atoms with van der Waals surface area (Å²) in [6.45, 7) is 5.43. The Hall–Kier alpha value is -1.91. The van der Waals surface area contributed by atoms with Gasteiger partial charge in [-0.2, -0.15) is 0 Å². The lowest BCUT2D eigenvalue weighted by Crippen LogP contribution is -2.13. The van der Waals surface area contributed by atoms with Gasteiger partial charge in [0.1, 0.15) is 0 Å². The van der Waals surface area contributed by atoms with Crippen LogP contribution in [0.4, 0.5) is 11.4 Å². The van der Waals surface area contributed by atoms with Crippen LogP contribution in [0.25, 0.3) is 0 Å². The predicted octanol–water partition coefficient (Wildman–Crippen LogP) is 2.95. The molecule has 0 fully saturated rings. The third-order valence-corrected chi connectivity index (χ3v) is 2.47. The van der Waals surface area contributed by atoms with Gasteiger partial charge in [-0.15, -0.1) is 0 Å². The number of carbonyl (C=O) groups is 1. The standard InChI is InChI=1S/C12H16N2O3/c1-4-5-11(15)13-12-8(2)6-10(14(16)17)7-9(12)3/h6-7H,4-5H2,1-3H3,(H,13,15). The van der Waals surface area contributed by atoms with Gasteiger partial charge in [-0.3, -0.25) is 14.9 Å². The van der Waals surface area contributed by atoms with Gasteiger partial charge in [0, 0.05) is 24.2 Å². The van der Waals surface area contributed by atoms with Gasteiger partial charge in [0.25, 0.3) is 5.69 Å². The van der Waals surface area contributed by atoms with Crippen molar-refractivity contribution in [2.45, 2.75) is 33.6 Å². The van der Waals surface area contributed by atoms with Crippen molar-refractivity contribution in [3.63, 3.8) is 0 Å². The highest BCUT2D eigenvalue weighted by Gasteiger charge is 2.13. The third kappa shape index (κ3) is 3.27. The van der Waals surface area contributed by atoms with E-state index in [0.717, 1.165) is 6.42 Å². The van der Waals surface area contributed by atoms with Crippen LogP contribution in [0.5, 0.6) is 0 Å². The van der Waals surface area contributed by atoms with E-state index >= 15 is 0 Å². The number of benzene rings is 1. The normalized spacial score (nSPS) is 10.1. The van der Waals surface area contributed by atoms with E-state index in [4.69, 9.17) is 0 Å². The highest BCUT2D eigenvalue weighted by molar-refractivity contribution is 5.92. The molecule has 0 spiro atoms. The predicted molar refractivity (Wildman–Crippen MR) is 66.1 cm³/mol. The van der Waals surface area contributed by atoms with Gasteiger partial charge in [-0.1, -0.05) is 6.92 Å². The Balaban J connectivity index is 3.01. The van der Waals surface area contributed by atoms with Crippen molar-refractivity contribution in [1.29, 1.82) is 0 Å². The van der Waals surface area contributed by atoms with Crippen LogP contribution in [0.2, 0.25) is 0 Å². The summed E-state index contributed by atoms with van der Waals surface area (Å²) in [6.07, 6.45) is 1.23. The number of nitro groups is 1. The number of hydrogen-bond acceptors (Lipinski definition) is 3. The molecule has 1 rings (SSSR count). The summed E-state index contributed by atoms with van der Waals surface area (Å²) < 4.78 is 0. The summed E-state index contributed by atoms with van der Waals surface area (Å²) in [7, 11) is 0. The van der Waals surface area contributed by atoms with Gasteiger partial charge in [0.15, 0.2) is 0 Å². The molecule has 1 aromatic rings. The van der Waals surface area contributed by atoms with Crippen molar-refractivity contribution in [3.05, 3.63) is 33.4 Å². The second-order valence-electron chi connectivity index (χ2n) is 4.01. The van der Waals surface area contributed by atoms with Gasteiger partial charge < -0.3 is 5.32 Å². The first kappa shape index (κ1) is 13.2. The fourth-order valence-electron chi connectivity index (χ4n) is 1.67. The van der Waals surface area contributed by atoms with E-state index in [1.165, 1.54) is 12.1 Å². The molecule has 0 bridgehead atoms. The highest BCUT2D eigenvalue weighted by Crippen LogP contribution is 2.26. The van der Waals surface area contributed by atoms with E-state index in [1.807, 2.05) is 6.92 Å². The molecule has 17 heavy (non-hydrogen) atoms. The Morgan fingerprint density at radius 1 is 1.35 bits per heavy atom. The van der Waals surface area contributed by atoms with E-state index in [-0.39, 0.29) is 11.6 Å². The van der Waals surface area contributed by atoms with Crippen LogP contribution in [-0.4, -0.2) is 10.8 Å². The number of amides is 1. The van der Waals surface area contributed by atoms with Gasteiger partial charge in [0.05, 0.1) is 4.92 Å². The number of nitro benzene ring substituents is 1. The average molecular weight is 236 g/mol. The molecular weight excluding hydrogens is 220 g/mol. The highest BCUT2D eigenvalue weighted by atomic mass is 16.6. The summed E-state index contributed by atoms with van der Waals surface area (Å²) >= 11 is 0. The van der Waals surface area contributed by atoms with Crippen molar-refractivity contribution < 1.29 is 9.72 Å². The molecular formula is C12H16N2O3. The summed E-state index contributed by atoms with van der Waals surface area (Å²) in [5.41, 5.74) is 2.14. The molecule has 0 aliphatic heterocycles. The van der Waals surface area contributed by atoms with E-state index in [9.17, 15) is 14.9 Å². The zero-order valence-electron chi connectivity index (χ0n) is 10.2. The molecule has 5 heteroatoms. The van der Waals surface area contributed by atoms with Gasteiger partial charge in [-0.05, 0) is 31.4 Å². The lowest BCUT2D eigenvalue weighted by atomic mass is 10.1. The van der Waals surface area contributed by atoms with Crippen LogP contribution in [0.3, 0.4) is 0 Å². The van der Waals surface area contributed by atoms with E-state index in [1.54, 1.807) is 13.8 Å². The number of nitrogens with zero attached hydrogens (tertiary/aromatic N) is 1. The summed E-state index contributed by atoms with van der Waals surface area (Å²) in [5, 5.41) is 13.4. The quantitative estimate of drug-likeness (QED) is 0.645. The zero-order valence-corrected chi connectivity index (χ0v) is 10.2. The van der Waals surface area contributed by atoms with Crippen LogP contribution < -0.4 is 5.32 Å². The van der Waals surface area contributed by atoms with Crippen molar-refractivity contribution >= 4 is 17.3 Å². The van der Waals surface area contributed by atoms with Crippen LogP contribution in [-0.2, 0) is 4.79 Å². The fourth-order valence-corrected chi connectivity index (χ4v) is 1.67. The minimum Gasteiger partial charge on any atom is -0.326 e. The van der Waals surface area contributed by atoms with Crippen LogP contribution in [0, 0.1) is 24.0 Å². The number of hydrogen-bond donors (Lipinski definition) is 1. The first-order valence-corrected chi connectivity index (χ1v) is 5.51. The third-order valence-electron chi connectivity index (χ3n) is 2.47. The molecule has 0 aliphatic carbocycles. The number of nitrogens with one attached hydrogen (secondary N) is 1. The van der Waals surface area contributed by atoms with Gasteiger partial charge in [-0.25, -0.2) is 0 Å². The van der Waals surface area contributed by atoms with E-state index < -0.39 is 4.92 Å². The molecule has 5 nitrogen and oxygen atoms in total. The molecule has 0 saturated heterocycles. The van der Waals surface area contributed by atoms with Crippen molar-refractivity contribution in [2.24, 2.45) is 0 Å². The lowest BCUT2D eigenvalue weighted by Gasteiger charge is -2.11. The topological polar surface area (TPSA) is 72.2 Å². The van der Waals surface area contributed by atoms with Crippen LogP contribution in [0.1, 0.15) is 30.9 Å². The summed E-state index contributed by atoms with van der Waals surface area (Å²) in [4.78, 5) is 21.7. The maximum Gasteiger partial charge on any atom is 0.270 e. The van der Waals surface area contributed by atoms with Gasteiger partial charge in [0.2, 0.25) is 5.91 Å². The lowest BCUT2D eigenvalue weighted by molar-refractivity contribution is -0.384. The molecule has 1 amide bonds. The van der Waals surface area contributed by atoms with E-state index in [0.29, 0.717) is 23.2 Å². The molecule has 0 unspecified atom stereocenters. The summed E-state index contributed by atoms with van der Waals surface area (Å²) in [5.74, 6) is -0.0625. The van der Waals surface area contributed by atoms with Gasteiger partial charge >= 0.3 is 0 Å². The molecule has 0 radical (unpaired) electrons. The Kier molecular flexibility index (Phi) is 4.20. The fraction of sp³-hybridized carbons (Fsp3) is 0.417. The second-order valence-corrected chi connectivity index (χ2v) is 4.01. The average Bonchev–Trinajstić information content (AvgIpc) is 2.23. The molecule has 0 aromatic heterocycles. The van der Waals surface area contributed by atoms with Crippen LogP contribution >= 0.6 is 0 Å². The molecule has 0 aliphatic rings. The number of aryl methyl sites for hydroxylation is 2. The molecule has 0 atom stereocenters. The van der Waals surface area contributed by atoms with Crippen molar-refractivity contribution in [1.82, 2.24) is 0 Å². The van der Waals surface area contributed by atoms with E-state index in [2.05, 4.69) is 5.32 Å². The first-order chi connectivity index (χ1) is 7.95. The van der Waals surface area contributed by atoms with Crippen molar-refractivity contribution in [3.8, 4) is 0 Å². The monoisotopic (exact) mass is 236 g/mol. The molecule has 92 valence electrons. The zero-order chi connectivity index (χ0) is 13.0. The summed E-state index contributed by atoms with van der Waals surface area (Å²) in [6, 6.07) is 2.93. The minimum absolute atomic E-state index is 0.0495. The number of anilines is 1. The largest absolute Gasteiger partial charge is 0.326 e. The number of rotatable bonds is 4. The number of carbonyl (C=O) groups excluding carboxylic acids is 1. The Morgan fingerprint density at radius 3 is 2.29 bits per heavy atom. The SMILES string of the molecule is CCCC(=O)Nc1c(C)cc([N+](=O)[O-])cc1C. The molecule has 0 heterocycles. The Morgan fingerprint density at radius 2 is 1.88 bits per heavy atom. The molecule has 1 N–H and O–H groups in total. The maximum absolute atomic E-state index is 11.5. The Labute approximate surface area is 100.0 Å². The number of non-ortho nitro benzene ring substituents is 1. The minimum atomic E-state index is -0.433.